The molecule has 1 amide bonds. The van der Waals surface area contributed by atoms with E-state index in [1.54, 1.807) is 12.1 Å². The number of hydrogen-bond acceptors (Lipinski definition) is 4. The van der Waals surface area contributed by atoms with Gasteiger partial charge in [-0.05, 0) is 31.2 Å². The summed E-state index contributed by atoms with van der Waals surface area (Å²) in [5.74, 6) is -3.21. The van der Waals surface area contributed by atoms with Crippen LogP contribution in [0.15, 0.2) is 47.4 Å². The van der Waals surface area contributed by atoms with Crippen molar-refractivity contribution >= 4 is 28.4 Å². The zero-order valence-corrected chi connectivity index (χ0v) is 14.2. The van der Waals surface area contributed by atoms with Gasteiger partial charge in [-0.1, -0.05) is 12.1 Å². The van der Waals surface area contributed by atoms with Crippen LogP contribution < -0.4 is 5.32 Å². The van der Waals surface area contributed by atoms with E-state index >= 15 is 0 Å². The molecule has 2 aromatic carbocycles. The largest absolute Gasteiger partial charge is 0.449 e. The first-order chi connectivity index (χ1) is 11.8. The highest BCUT2D eigenvalue weighted by Gasteiger charge is 2.22. The number of nitrogens with one attached hydrogen (secondary N) is 1. The molecular formula is C17H15F2NO4S. The molecule has 25 heavy (non-hydrogen) atoms. The molecule has 132 valence electrons. The fraction of sp³-hybridized carbons (Fsp3) is 0.176. The monoisotopic (exact) mass is 367 g/mol. The van der Waals surface area contributed by atoms with Crippen LogP contribution in [0, 0.1) is 11.6 Å². The number of carbonyl (C=O) groups excluding carboxylic acids is 2. The average Bonchev–Trinajstić information content (AvgIpc) is 2.57. The Hall–Kier alpha value is -2.61. The Balaban J connectivity index is 2.10. The van der Waals surface area contributed by atoms with Crippen LogP contribution >= 0.6 is 0 Å². The first kappa shape index (κ1) is 18.7. The molecule has 2 aromatic rings. The lowest BCUT2D eigenvalue weighted by molar-refractivity contribution is -0.123. The number of anilines is 1. The average molecular weight is 367 g/mol. The van der Waals surface area contributed by atoms with Gasteiger partial charge >= 0.3 is 5.97 Å². The summed E-state index contributed by atoms with van der Waals surface area (Å²) in [6, 6.07) is 8.73. The van der Waals surface area contributed by atoms with Gasteiger partial charge < -0.3 is 10.1 Å². The highest BCUT2D eigenvalue weighted by molar-refractivity contribution is 7.84. The molecule has 0 radical (unpaired) electrons. The third-order valence-electron chi connectivity index (χ3n) is 3.26. The molecule has 0 heterocycles. The van der Waals surface area contributed by atoms with Crippen molar-refractivity contribution in [3.63, 3.8) is 0 Å². The van der Waals surface area contributed by atoms with Gasteiger partial charge in [0.1, 0.15) is 11.6 Å². The van der Waals surface area contributed by atoms with Gasteiger partial charge in [-0.15, -0.1) is 0 Å². The van der Waals surface area contributed by atoms with Crippen molar-refractivity contribution in [2.75, 3.05) is 11.6 Å². The Bertz CT molecular complexity index is 841. The van der Waals surface area contributed by atoms with Crippen molar-refractivity contribution in [2.45, 2.75) is 17.9 Å². The first-order valence-electron chi connectivity index (χ1n) is 7.19. The third kappa shape index (κ3) is 4.69. The summed E-state index contributed by atoms with van der Waals surface area (Å²) in [4.78, 5) is 24.5. The zero-order chi connectivity index (χ0) is 18.6. The van der Waals surface area contributed by atoms with E-state index in [1.807, 2.05) is 0 Å². The van der Waals surface area contributed by atoms with Crippen molar-refractivity contribution in [3.8, 4) is 0 Å². The van der Waals surface area contributed by atoms with Crippen LogP contribution in [-0.4, -0.2) is 28.4 Å². The minimum atomic E-state index is -1.42. The maximum absolute atomic E-state index is 13.5. The molecule has 2 atom stereocenters. The first-order valence-corrected chi connectivity index (χ1v) is 8.74. The second kappa shape index (κ2) is 7.98. The van der Waals surface area contributed by atoms with Crippen molar-refractivity contribution in [1.29, 1.82) is 0 Å². The van der Waals surface area contributed by atoms with Crippen LogP contribution in [-0.2, 0) is 20.3 Å². The van der Waals surface area contributed by atoms with Crippen LogP contribution in [0.5, 0.6) is 0 Å². The number of amides is 1. The highest BCUT2D eigenvalue weighted by Crippen LogP contribution is 2.17. The molecule has 5 nitrogen and oxygen atoms in total. The Morgan fingerprint density at radius 2 is 1.84 bits per heavy atom. The van der Waals surface area contributed by atoms with E-state index in [0.29, 0.717) is 0 Å². The SMILES string of the molecule is C[C@H](OC(=O)c1ccccc1[S@](C)=O)C(=O)Nc1cc(F)ccc1F. The van der Waals surface area contributed by atoms with Crippen molar-refractivity contribution in [1.82, 2.24) is 0 Å². The second-order valence-electron chi connectivity index (χ2n) is 5.11. The predicted molar refractivity (Wildman–Crippen MR) is 88.6 cm³/mol. The molecule has 2 rings (SSSR count). The molecular weight excluding hydrogens is 352 g/mol. The summed E-state index contributed by atoms with van der Waals surface area (Å²) >= 11 is 0. The number of carbonyl (C=O) groups is 2. The number of hydrogen-bond donors (Lipinski definition) is 1. The van der Waals surface area contributed by atoms with E-state index in [4.69, 9.17) is 4.74 Å². The minimum absolute atomic E-state index is 0.0694. The fourth-order valence-corrected chi connectivity index (χ4v) is 2.72. The van der Waals surface area contributed by atoms with Gasteiger partial charge in [-0.25, -0.2) is 13.6 Å². The summed E-state index contributed by atoms with van der Waals surface area (Å²) in [5, 5.41) is 2.15. The molecule has 0 aliphatic rings. The Labute approximate surface area is 145 Å². The molecule has 0 aromatic heterocycles. The molecule has 8 heteroatoms. The van der Waals surface area contributed by atoms with Gasteiger partial charge in [0, 0.05) is 12.3 Å². The summed E-state index contributed by atoms with van der Waals surface area (Å²) in [7, 11) is -1.42. The Morgan fingerprint density at radius 1 is 1.16 bits per heavy atom. The van der Waals surface area contributed by atoms with Crippen LogP contribution in [0.3, 0.4) is 0 Å². The van der Waals surface area contributed by atoms with Crippen molar-refractivity contribution < 1.29 is 27.3 Å². The summed E-state index contributed by atoms with van der Waals surface area (Å²) in [5.41, 5.74) is -0.289. The lowest BCUT2D eigenvalue weighted by Gasteiger charge is -2.15. The normalized spacial score (nSPS) is 13.0. The van der Waals surface area contributed by atoms with Gasteiger partial charge in [-0.3, -0.25) is 9.00 Å². The summed E-state index contributed by atoms with van der Waals surface area (Å²) < 4.78 is 43.3. The Kier molecular flexibility index (Phi) is 5.97. The maximum Gasteiger partial charge on any atom is 0.340 e. The zero-order valence-electron chi connectivity index (χ0n) is 13.4. The van der Waals surface area contributed by atoms with E-state index in [1.165, 1.54) is 25.3 Å². The molecule has 0 unspecified atom stereocenters. The van der Waals surface area contributed by atoms with Gasteiger partial charge in [0.05, 0.1) is 26.9 Å². The van der Waals surface area contributed by atoms with E-state index in [-0.39, 0.29) is 16.1 Å². The Morgan fingerprint density at radius 3 is 2.52 bits per heavy atom. The third-order valence-corrected chi connectivity index (χ3v) is 4.23. The van der Waals surface area contributed by atoms with Crippen LogP contribution in [0.2, 0.25) is 0 Å². The smallest absolute Gasteiger partial charge is 0.340 e. The second-order valence-corrected chi connectivity index (χ2v) is 6.46. The van der Waals surface area contributed by atoms with E-state index in [2.05, 4.69) is 5.32 Å². The van der Waals surface area contributed by atoms with Gasteiger partial charge in [0.25, 0.3) is 5.91 Å². The molecule has 1 N–H and O–H groups in total. The molecule has 0 aliphatic heterocycles. The highest BCUT2D eigenvalue weighted by atomic mass is 32.2. The molecule has 0 fully saturated rings. The van der Waals surface area contributed by atoms with Gasteiger partial charge in [0.15, 0.2) is 6.10 Å². The molecule has 0 aliphatic carbocycles. The molecule has 0 bridgehead atoms. The number of rotatable bonds is 5. The lowest BCUT2D eigenvalue weighted by atomic mass is 10.2. The predicted octanol–water partition coefficient (Wildman–Crippen LogP) is 2.89. The topological polar surface area (TPSA) is 72.5 Å². The fourth-order valence-electron chi connectivity index (χ4n) is 1.99. The lowest BCUT2D eigenvalue weighted by Crippen LogP contribution is -2.30. The van der Waals surface area contributed by atoms with E-state index < -0.39 is 40.4 Å². The molecule has 0 saturated carbocycles. The quantitative estimate of drug-likeness (QED) is 0.825. The van der Waals surface area contributed by atoms with Gasteiger partial charge in [0.2, 0.25) is 0 Å². The van der Waals surface area contributed by atoms with Gasteiger partial charge in [-0.2, -0.15) is 0 Å². The maximum atomic E-state index is 13.5. The summed E-state index contributed by atoms with van der Waals surface area (Å²) in [6.07, 6.45) is 0.142. The van der Waals surface area contributed by atoms with Crippen LogP contribution in [0.1, 0.15) is 17.3 Å². The van der Waals surface area contributed by atoms with Crippen LogP contribution in [0.4, 0.5) is 14.5 Å². The minimum Gasteiger partial charge on any atom is -0.449 e. The number of esters is 1. The molecule has 0 spiro atoms. The standard InChI is InChI=1S/C17H15F2NO4S/c1-10(16(21)20-14-9-11(18)7-8-13(14)19)24-17(22)12-5-3-4-6-15(12)25(2)23/h3-10H,1-2H3,(H,20,21)/t10-,25-/m0/s1. The van der Waals surface area contributed by atoms with Crippen molar-refractivity contribution in [2.24, 2.45) is 0 Å². The summed E-state index contributed by atoms with van der Waals surface area (Å²) in [6.45, 7) is 1.29. The van der Waals surface area contributed by atoms with Crippen LogP contribution in [0.25, 0.3) is 0 Å². The number of halogens is 2. The number of benzene rings is 2. The molecule has 0 saturated heterocycles. The van der Waals surface area contributed by atoms with Crippen molar-refractivity contribution in [3.05, 3.63) is 59.7 Å². The van der Waals surface area contributed by atoms with E-state index in [0.717, 1.165) is 18.2 Å². The number of ether oxygens (including phenoxy) is 1. The van der Waals surface area contributed by atoms with E-state index in [9.17, 15) is 22.6 Å².